The third-order valence-corrected chi connectivity index (χ3v) is 12.3. The van der Waals surface area contributed by atoms with E-state index in [4.69, 9.17) is 9.47 Å². The molecule has 2 aromatic carbocycles. The number of amides is 2. The van der Waals surface area contributed by atoms with Gasteiger partial charge < -0.3 is 30.1 Å². The number of hydrogen-bond donors (Lipinski definition) is 3. The van der Waals surface area contributed by atoms with Gasteiger partial charge in [0.05, 0.1) is 18.8 Å². The Morgan fingerprint density at radius 2 is 1.45 bits per heavy atom. The minimum absolute atomic E-state index is 0.0209. The fraction of sp³-hybridized carbons (Fsp3) is 0.667. The zero-order chi connectivity index (χ0) is 31.8. The van der Waals surface area contributed by atoms with Gasteiger partial charge in [0.15, 0.2) is 6.29 Å². The van der Waals surface area contributed by atoms with E-state index in [-0.39, 0.29) is 30.4 Å². The van der Waals surface area contributed by atoms with Crippen LogP contribution in [-0.4, -0.2) is 71.3 Å². The summed E-state index contributed by atoms with van der Waals surface area (Å²) >= 11 is 0. The van der Waals surface area contributed by atoms with Crippen molar-refractivity contribution in [1.29, 1.82) is 0 Å². The van der Waals surface area contributed by atoms with E-state index >= 15 is 0 Å². The van der Waals surface area contributed by atoms with Gasteiger partial charge in [-0.1, -0.05) is 48.5 Å². The van der Waals surface area contributed by atoms with Crippen LogP contribution in [0.25, 0.3) is 0 Å². The topological polar surface area (TPSA) is 86.3 Å². The first-order chi connectivity index (χ1) is 23.0. The number of hydrogen-bond acceptors (Lipinski definition) is 6. The first kappa shape index (κ1) is 31.8. The summed E-state index contributed by atoms with van der Waals surface area (Å²) in [6.07, 6.45) is 13.1. The van der Waals surface area contributed by atoms with Gasteiger partial charge in [-0.15, -0.1) is 0 Å². The minimum Gasteiger partial charge on any atom is -0.392 e. The standard InChI is InChI=1S/C39H54N4O4/c44-26-28-7-9-32(10-8-28)36-19-35(25-43-15-3-4-34(43)24-42-13-1-2-14-42)46-37(47-36)33-11-5-27(6-12-33)23-40-38(45)41-39-20-29-16-30(21-39)18-31(17-29)22-39/h5-12,29-31,34-37,44H,1-4,13-26H2,(H2,40,41,45). The molecule has 4 aliphatic carbocycles. The molecule has 47 heavy (non-hydrogen) atoms. The molecule has 4 unspecified atom stereocenters. The molecule has 4 bridgehead atoms. The van der Waals surface area contributed by atoms with Crippen LogP contribution < -0.4 is 10.6 Å². The number of nitrogens with zero attached hydrogens (tertiary/aromatic N) is 2. The smallest absolute Gasteiger partial charge is 0.315 e. The highest BCUT2D eigenvalue weighted by Crippen LogP contribution is 2.55. The molecular formula is C39H54N4O4. The van der Waals surface area contributed by atoms with Gasteiger partial charge in [-0.2, -0.15) is 0 Å². The van der Waals surface area contributed by atoms with Gasteiger partial charge in [0, 0.05) is 43.2 Å². The van der Waals surface area contributed by atoms with Crippen molar-refractivity contribution in [3.05, 3.63) is 70.8 Å². The van der Waals surface area contributed by atoms with Gasteiger partial charge in [-0.25, -0.2) is 4.79 Å². The Morgan fingerprint density at radius 3 is 2.13 bits per heavy atom. The molecule has 7 fully saturated rings. The van der Waals surface area contributed by atoms with Crippen molar-refractivity contribution < 1.29 is 19.4 Å². The van der Waals surface area contributed by atoms with Crippen LogP contribution in [0.1, 0.15) is 105 Å². The zero-order valence-corrected chi connectivity index (χ0v) is 28.0. The summed E-state index contributed by atoms with van der Waals surface area (Å²) in [6, 6.07) is 17.1. The van der Waals surface area contributed by atoms with Crippen molar-refractivity contribution in [2.24, 2.45) is 17.8 Å². The molecule has 3 aliphatic heterocycles. The Balaban J connectivity index is 0.909. The number of carbonyl (C=O) groups excluding carboxylic acids is 1. The maximum atomic E-state index is 13.0. The molecule has 8 nitrogen and oxygen atoms in total. The molecular weight excluding hydrogens is 588 g/mol. The molecule has 0 spiro atoms. The molecule has 2 aromatic rings. The third-order valence-electron chi connectivity index (χ3n) is 12.3. The maximum absolute atomic E-state index is 13.0. The van der Waals surface area contributed by atoms with Crippen LogP contribution in [0, 0.1) is 17.8 Å². The number of rotatable bonds is 10. The van der Waals surface area contributed by atoms with E-state index in [1.165, 1.54) is 64.6 Å². The average Bonchev–Trinajstić information content (AvgIpc) is 3.75. The molecule has 254 valence electrons. The van der Waals surface area contributed by atoms with Crippen molar-refractivity contribution >= 4 is 6.03 Å². The first-order valence-electron chi connectivity index (χ1n) is 18.6. The van der Waals surface area contributed by atoms with Crippen LogP contribution in [-0.2, 0) is 22.6 Å². The SMILES string of the molecule is O=C(NCc1ccc(C2OC(CN3CCCC3CN3CCCC3)CC(c3ccc(CO)cc3)O2)cc1)NC12CC3CC(CC(C3)C1)C2. The van der Waals surface area contributed by atoms with Crippen molar-refractivity contribution in [1.82, 2.24) is 20.4 Å². The van der Waals surface area contributed by atoms with Gasteiger partial charge in [-0.05, 0) is 118 Å². The second-order valence-electron chi connectivity index (χ2n) is 15.9. The van der Waals surface area contributed by atoms with Gasteiger partial charge in [0.2, 0.25) is 0 Å². The van der Waals surface area contributed by atoms with Crippen LogP contribution >= 0.6 is 0 Å². The maximum Gasteiger partial charge on any atom is 0.315 e. The number of aliphatic hydroxyl groups is 1. The Morgan fingerprint density at radius 1 is 0.787 bits per heavy atom. The highest BCUT2D eigenvalue weighted by molar-refractivity contribution is 5.75. The lowest BCUT2D eigenvalue weighted by Gasteiger charge is -2.56. The molecule has 8 heteroatoms. The Bertz CT molecular complexity index is 1320. The second kappa shape index (κ2) is 13.8. The summed E-state index contributed by atoms with van der Waals surface area (Å²) in [6.45, 7) is 6.26. The zero-order valence-electron chi connectivity index (χ0n) is 28.0. The van der Waals surface area contributed by atoms with Crippen LogP contribution in [0.3, 0.4) is 0 Å². The fourth-order valence-electron chi connectivity index (χ4n) is 10.4. The van der Waals surface area contributed by atoms with E-state index in [9.17, 15) is 9.90 Å². The van der Waals surface area contributed by atoms with Crippen LogP contribution in [0.4, 0.5) is 4.79 Å². The lowest BCUT2D eigenvalue weighted by Crippen LogP contribution is -2.61. The monoisotopic (exact) mass is 642 g/mol. The van der Waals surface area contributed by atoms with E-state index in [1.807, 2.05) is 12.1 Å². The van der Waals surface area contributed by atoms with E-state index in [2.05, 4.69) is 56.8 Å². The summed E-state index contributed by atoms with van der Waals surface area (Å²) < 4.78 is 13.4. The molecule has 2 amide bonds. The lowest BCUT2D eigenvalue weighted by molar-refractivity contribution is -0.253. The Labute approximate surface area is 280 Å². The largest absolute Gasteiger partial charge is 0.392 e. The second-order valence-corrected chi connectivity index (χ2v) is 15.9. The van der Waals surface area contributed by atoms with Gasteiger partial charge in [0.1, 0.15) is 0 Å². The molecule has 3 heterocycles. The summed E-state index contributed by atoms with van der Waals surface area (Å²) in [5.41, 5.74) is 4.13. The molecule has 3 N–H and O–H groups in total. The van der Waals surface area contributed by atoms with Crippen LogP contribution in [0.5, 0.6) is 0 Å². The number of benzene rings is 2. The van der Waals surface area contributed by atoms with Crippen LogP contribution in [0.15, 0.2) is 48.5 Å². The molecule has 4 atom stereocenters. The number of likely N-dealkylation sites (tertiary alicyclic amines) is 2. The van der Waals surface area contributed by atoms with E-state index in [0.29, 0.717) is 12.6 Å². The molecule has 0 aromatic heterocycles. The molecule has 4 saturated carbocycles. The molecule has 9 rings (SSSR count). The quantitative estimate of drug-likeness (QED) is 0.293. The number of carbonyl (C=O) groups is 1. The predicted molar refractivity (Wildman–Crippen MR) is 181 cm³/mol. The van der Waals surface area contributed by atoms with Gasteiger partial charge >= 0.3 is 6.03 Å². The highest BCUT2D eigenvalue weighted by Gasteiger charge is 2.51. The van der Waals surface area contributed by atoms with Gasteiger partial charge in [0.25, 0.3) is 0 Å². The fourth-order valence-corrected chi connectivity index (χ4v) is 10.4. The lowest BCUT2D eigenvalue weighted by atomic mass is 9.53. The number of ether oxygens (including phenoxy) is 2. The third kappa shape index (κ3) is 7.28. The van der Waals surface area contributed by atoms with Crippen LogP contribution in [0.2, 0.25) is 0 Å². The van der Waals surface area contributed by atoms with E-state index < -0.39 is 6.29 Å². The number of aliphatic hydroxyl groups excluding tert-OH is 1. The minimum atomic E-state index is -0.461. The van der Waals surface area contributed by atoms with Crippen molar-refractivity contribution in [3.63, 3.8) is 0 Å². The summed E-state index contributed by atoms with van der Waals surface area (Å²) in [7, 11) is 0. The first-order valence-corrected chi connectivity index (χ1v) is 18.6. The molecule has 3 saturated heterocycles. The molecule has 0 radical (unpaired) electrons. The predicted octanol–water partition coefficient (Wildman–Crippen LogP) is 6.05. The summed E-state index contributed by atoms with van der Waals surface area (Å²) in [5.74, 6) is 2.43. The summed E-state index contributed by atoms with van der Waals surface area (Å²) in [5, 5.41) is 16.2. The van der Waals surface area contributed by atoms with Crippen molar-refractivity contribution in [2.75, 3.05) is 32.7 Å². The normalized spacial score (nSPS) is 35.4. The number of urea groups is 1. The van der Waals surface area contributed by atoms with Crippen molar-refractivity contribution in [2.45, 2.75) is 114 Å². The summed E-state index contributed by atoms with van der Waals surface area (Å²) in [4.78, 5) is 18.4. The molecule has 7 aliphatic rings. The van der Waals surface area contributed by atoms with Gasteiger partial charge in [-0.3, -0.25) is 4.90 Å². The van der Waals surface area contributed by atoms with E-state index in [1.54, 1.807) is 0 Å². The highest BCUT2D eigenvalue weighted by atomic mass is 16.7. The van der Waals surface area contributed by atoms with Crippen molar-refractivity contribution in [3.8, 4) is 0 Å². The Hall–Kier alpha value is -2.49. The van der Waals surface area contributed by atoms with E-state index in [0.717, 1.165) is 78.8 Å². The average molecular weight is 643 g/mol. The number of nitrogens with one attached hydrogen (secondary N) is 2. The Kier molecular flexibility index (Phi) is 9.32.